The van der Waals surface area contributed by atoms with E-state index in [-0.39, 0.29) is 19.3 Å². The number of ether oxygens (including phenoxy) is 2. The van der Waals surface area contributed by atoms with Crippen molar-refractivity contribution in [2.24, 2.45) is 0 Å². The summed E-state index contributed by atoms with van der Waals surface area (Å²) < 4.78 is 9.81. The molecule has 0 aromatic heterocycles. The smallest absolute Gasteiger partial charge is 0.326 e. The van der Waals surface area contributed by atoms with E-state index in [1.807, 2.05) is 5.32 Å². The number of hydrogen-bond acceptors (Lipinski definition) is 5. The van der Waals surface area contributed by atoms with Crippen LogP contribution in [0.2, 0.25) is 0 Å². The molecule has 0 heterocycles. The first-order chi connectivity index (χ1) is 8.90. The third-order valence-corrected chi connectivity index (χ3v) is 2.16. The molecule has 0 spiro atoms. The van der Waals surface area contributed by atoms with Crippen molar-refractivity contribution >= 4 is 18.0 Å². The van der Waals surface area contributed by atoms with Crippen LogP contribution in [0.25, 0.3) is 0 Å². The van der Waals surface area contributed by atoms with Gasteiger partial charge in [0.2, 0.25) is 0 Å². The molecule has 2 amide bonds. The zero-order chi connectivity index (χ0) is 14.8. The lowest BCUT2D eigenvalue weighted by Crippen LogP contribution is -2.49. The van der Waals surface area contributed by atoms with E-state index < -0.39 is 30.4 Å². The minimum absolute atomic E-state index is 0.107. The van der Waals surface area contributed by atoms with Crippen LogP contribution in [-0.2, 0) is 19.1 Å². The second-order valence-corrected chi connectivity index (χ2v) is 3.66. The minimum Gasteiger partial charge on any atom is -0.481 e. The Morgan fingerprint density at radius 3 is 2.26 bits per heavy atom. The first-order valence-corrected chi connectivity index (χ1v) is 5.41. The Balaban J connectivity index is 4.19. The summed E-state index contributed by atoms with van der Waals surface area (Å²) in [4.78, 5) is 32.5. The number of carboxylic acids is 2. The maximum Gasteiger partial charge on any atom is 0.326 e. The lowest BCUT2D eigenvalue weighted by atomic mass is 10.2. The zero-order valence-corrected chi connectivity index (χ0v) is 10.7. The van der Waals surface area contributed by atoms with Crippen molar-refractivity contribution in [1.29, 1.82) is 0 Å². The summed E-state index contributed by atoms with van der Waals surface area (Å²) in [5.74, 6) is -2.74. The molecule has 2 atom stereocenters. The Kier molecular flexibility index (Phi) is 8.22. The van der Waals surface area contributed by atoms with Crippen LogP contribution in [0.3, 0.4) is 0 Å². The third kappa shape index (κ3) is 7.95. The van der Waals surface area contributed by atoms with E-state index in [0.717, 1.165) is 0 Å². The Hall–Kier alpha value is -1.87. The van der Waals surface area contributed by atoms with E-state index in [0.29, 0.717) is 0 Å². The van der Waals surface area contributed by atoms with E-state index in [1.165, 1.54) is 14.2 Å². The number of carbonyl (C=O) groups excluding carboxylic acids is 1. The molecule has 0 saturated heterocycles. The predicted molar refractivity (Wildman–Crippen MR) is 62.9 cm³/mol. The summed E-state index contributed by atoms with van der Waals surface area (Å²) in [6, 6.07) is -2.27. The first-order valence-electron chi connectivity index (χ1n) is 5.41. The first kappa shape index (κ1) is 17.1. The number of amides is 2. The third-order valence-electron chi connectivity index (χ3n) is 2.16. The molecule has 110 valence electrons. The summed E-state index contributed by atoms with van der Waals surface area (Å²) in [7, 11) is 2.91. The standard InChI is InChI=1S/C10H18N2O7/c1-18-5-6(19-2)4-11-10(17)12-7(9(15)16)3-8(13)14/h6-7H,3-5H2,1-2H3,(H,13,14)(H,15,16)(H2,11,12,17)/t6?,7-/m1/s1. The Labute approximate surface area is 109 Å². The molecule has 0 aliphatic carbocycles. The number of nitrogens with one attached hydrogen (secondary N) is 2. The van der Waals surface area contributed by atoms with Gasteiger partial charge >= 0.3 is 18.0 Å². The van der Waals surface area contributed by atoms with E-state index in [1.54, 1.807) is 0 Å². The normalized spacial score (nSPS) is 13.4. The second kappa shape index (κ2) is 9.11. The highest BCUT2D eigenvalue weighted by Gasteiger charge is 2.23. The van der Waals surface area contributed by atoms with Crippen LogP contribution in [-0.4, -0.2) is 67.7 Å². The molecule has 0 aromatic rings. The van der Waals surface area contributed by atoms with Gasteiger partial charge < -0.3 is 30.3 Å². The zero-order valence-electron chi connectivity index (χ0n) is 10.7. The van der Waals surface area contributed by atoms with Gasteiger partial charge in [0.25, 0.3) is 0 Å². The number of urea groups is 1. The van der Waals surface area contributed by atoms with Gasteiger partial charge in [-0.15, -0.1) is 0 Å². The van der Waals surface area contributed by atoms with Crippen molar-refractivity contribution in [2.45, 2.75) is 18.6 Å². The molecule has 0 bridgehead atoms. The number of methoxy groups -OCH3 is 2. The van der Waals surface area contributed by atoms with Crippen molar-refractivity contribution in [3.8, 4) is 0 Å². The maximum absolute atomic E-state index is 11.4. The molecule has 1 unspecified atom stereocenters. The van der Waals surface area contributed by atoms with Gasteiger partial charge in [-0.1, -0.05) is 0 Å². The van der Waals surface area contributed by atoms with Gasteiger partial charge in [0.15, 0.2) is 0 Å². The lowest BCUT2D eigenvalue weighted by molar-refractivity contribution is -0.145. The van der Waals surface area contributed by atoms with Gasteiger partial charge in [-0.25, -0.2) is 9.59 Å². The molecule has 0 aromatic carbocycles. The Morgan fingerprint density at radius 1 is 1.21 bits per heavy atom. The van der Waals surface area contributed by atoms with Gasteiger partial charge in [-0.2, -0.15) is 0 Å². The number of rotatable bonds is 9. The molecule has 0 aliphatic heterocycles. The fraction of sp³-hybridized carbons (Fsp3) is 0.700. The summed E-state index contributed by atoms with van der Waals surface area (Å²) >= 11 is 0. The Bertz CT molecular complexity index is 321. The molecular weight excluding hydrogens is 260 g/mol. The molecular formula is C10H18N2O7. The van der Waals surface area contributed by atoms with E-state index >= 15 is 0 Å². The monoisotopic (exact) mass is 278 g/mol. The molecule has 9 heteroatoms. The summed E-state index contributed by atoms with van der Waals surface area (Å²) in [6.45, 7) is 0.365. The summed E-state index contributed by atoms with van der Waals surface area (Å²) in [5.41, 5.74) is 0. The summed E-state index contributed by atoms with van der Waals surface area (Å²) in [6.07, 6.45) is -1.08. The molecule has 4 N–H and O–H groups in total. The molecule has 0 rings (SSSR count). The average Bonchev–Trinajstić information content (AvgIpc) is 2.32. The van der Waals surface area contributed by atoms with Crippen LogP contribution in [0.1, 0.15) is 6.42 Å². The molecule has 0 radical (unpaired) electrons. The SMILES string of the molecule is COCC(CNC(=O)N[C@H](CC(=O)O)C(=O)O)OC. The van der Waals surface area contributed by atoms with Gasteiger partial charge in [0, 0.05) is 20.8 Å². The number of carbonyl (C=O) groups is 3. The number of aliphatic carboxylic acids is 2. The quantitative estimate of drug-likeness (QED) is 0.419. The fourth-order valence-electron chi connectivity index (χ4n) is 1.19. The van der Waals surface area contributed by atoms with Crippen LogP contribution in [0.4, 0.5) is 4.79 Å². The van der Waals surface area contributed by atoms with Crippen LogP contribution >= 0.6 is 0 Å². The van der Waals surface area contributed by atoms with E-state index in [9.17, 15) is 14.4 Å². The van der Waals surface area contributed by atoms with Crippen molar-refractivity contribution in [3.63, 3.8) is 0 Å². The van der Waals surface area contributed by atoms with E-state index in [2.05, 4.69) is 5.32 Å². The van der Waals surface area contributed by atoms with Crippen LogP contribution in [0, 0.1) is 0 Å². The van der Waals surface area contributed by atoms with Crippen LogP contribution in [0.5, 0.6) is 0 Å². The highest BCUT2D eigenvalue weighted by molar-refractivity contribution is 5.86. The maximum atomic E-state index is 11.4. The van der Waals surface area contributed by atoms with Gasteiger partial charge in [0.1, 0.15) is 6.04 Å². The van der Waals surface area contributed by atoms with Crippen LogP contribution in [0.15, 0.2) is 0 Å². The Morgan fingerprint density at radius 2 is 1.84 bits per heavy atom. The molecule has 9 nitrogen and oxygen atoms in total. The van der Waals surface area contributed by atoms with Gasteiger partial charge in [-0.3, -0.25) is 4.79 Å². The van der Waals surface area contributed by atoms with Crippen molar-refractivity contribution < 1.29 is 34.1 Å². The topological polar surface area (TPSA) is 134 Å². The molecule has 0 aliphatic rings. The molecule has 19 heavy (non-hydrogen) atoms. The number of carboxylic acid groups (broad SMARTS) is 2. The van der Waals surface area contributed by atoms with Crippen molar-refractivity contribution in [1.82, 2.24) is 10.6 Å². The largest absolute Gasteiger partial charge is 0.481 e. The minimum atomic E-state index is -1.49. The molecule has 0 saturated carbocycles. The van der Waals surface area contributed by atoms with Crippen molar-refractivity contribution in [2.75, 3.05) is 27.4 Å². The highest BCUT2D eigenvalue weighted by Crippen LogP contribution is 1.93. The highest BCUT2D eigenvalue weighted by atomic mass is 16.5. The van der Waals surface area contributed by atoms with Crippen LogP contribution < -0.4 is 10.6 Å². The molecule has 0 fully saturated rings. The predicted octanol–water partition coefficient (Wildman–Crippen LogP) is -1.13. The van der Waals surface area contributed by atoms with Gasteiger partial charge in [-0.05, 0) is 0 Å². The fourth-order valence-corrected chi connectivity index (χ4v) is 1.19. The van der Waals surface area contributed by atoms with Crippen molar-refractivity contribution in [3.05, 3.63) is 0 Å². The summed E-state index contributed by atoms with van der Waals surface area (Å²) in [5, 5.41) is 21.6. The van der Waals surface area contributed by atoms with Gasteiger partial charge in [0.05, 0.1) is 19.1 Å². The number of hydrogen-bond donors (Lipinski definition) is 4. The second-order valence-electron chi connectivity index (χ2n) is 3.66. The lowest BCUT2D eigenvalue weighted by Gasteiger charge is -2.17. The average molecular weight is 278 g/mol. The van der Waals surface area contributed by atoms with E-state index in [4.69, 9.17) is 19.7 Å².